The summed E-state index contributed by atoms with van der Waals surface area (Å²) in [5.41, 5.74) is 4.55. The largest absolute Gasteiger partial charge is 0.477 e. The fraction of sp³-hybridized carbons (Fsp3) is 0.414. The summed E-state index contributed by atoms with van der Waals surface area (Å²) in [6.45, 7) is 3.30. The number of fused-ring (bicyclic) bond motifs is 1. The summed E-state index contributed by atoms with van der Waals surface area (Å²) >= 11 is 0. The van der Waals surface area contributed by atoms with E-state index in [1.165, 1.54) is 5.57 Å². The summed E-state index contributed by atoms with van der Waals surface area (Å²) in [4.78, 5) is 21.9. The Morgan fingerprint density at radius 3 is 2.84 bits per heavy atom. The monoisotopic (exact) mass is 510 g/mol. The Morgan fingerprint density at radius 1 is 1.24 bits per heavy atom. The predicted molar refractivity (Wildman–Crippen MR) is 134 cm³/mol. The second-order valence-corrected chi connectivity index (χ2v) is 9.99. The van der Waals surface area contributed by atoms with Crippen molar-refractivity contribution in [3.63, 3.8) is 0 Å². The van der Waals surface area contributed by atoms with Gasteiger partial charge in [0.15, 0.2) is 5.78 Å². The Labute approximate surface area is 213 Å². The molecule has 8 heteroatoms. The van der Waals surface area contributed by atoms with Crippen LogP contribution < -0.4 is 4.74 Å². The van der Waals surface area contributed by atoms with E-state index in [2.05, 4.69) is 23.0 Å². The highest BCUT2D eigenvalue weighted by Gasteiger charge is 2.53. The van der Waals surface area contributed by atoms with Crippen molar-refractivity contribution in [2.45, 2.75) is 45.2 Å². The minimum absolute atomic E-state index is 0.0206. The summed E-state index contributed by atoms with van der Waals surface area (Å²) in [5, 5.41) is 0.945. The lowest BCUT2D eigenvalue weighted by atomic mass is 9.85. The molecule has 1 aliphatic heterocycles. The fourth-order valence-electron chi connectivity index (χ4n) is 5.18. The van der Waals surface area contributed by atoms with Crippen LogP contribution in [0.5, 0.6) is 5.88 Å². The first kappa shape index (κ1) is 25.4. The third kappa shape index (κ3) is 5.85. The van der Waals surface area contributed by atoms with Gasteiger partial charge in [0, 0.05) is 42.7 Å². The van der Waals surface area contributed by atoms with Crippen molar-refractivity contribution in [1.82, 2.24) is 9.97 Å². The molecule has 3 heterocycles. The van der Waals surface area contributed by atoms with Crippen molar-refractivity contribution >= 4 is 16.7 Å². The van der Waals surface area contributed by atoms with E-state index in [0.717, 1.165) is 48.1 Å². The molecule has 0 unspecified atom stereocenters. The number of para-hydroxylation sites is 1. The van der Waals surface area contributed by atoms with Crippen LogP contribution >= 0.6 is 0 Å². The van der Waals surface area contributed by atoms with E-state index < -0.39 is 19.2 Å². The third-order valence-corrected chi connectivity index (χ3v) is 7.47. The lowest BCUT2D eigenvalue weighted by Gasteiger charge is -2.28. The Hall–Kier alpha value is -3.26. The molecular weight excluding hydrogens is 481 g/mol. The molecule has 2 atom stereocenters. The van der Waals surface area contributed by atoms with Gasteiger partial charge in [-0.05, 0) is 48.4 Å². The van der Waals surface area contributed by atoms with Gasteiger partial charge in [0.1, 0.15) is 5.69 Å². The zero-order valence-corrected chi connectivity index (χ0v) is 20.7. The van der Waals surface area contributed by atoms with E-state index in [4.69, 9.17) is 9.47 Å². The summed E-state index contributed by atoms with van der Waals surface area (Å²) < 4.78 is 47.7. The van der Waals surface area contributed by atoms with Gasteiger partial charge in [0.25, 0.3) is 0 Å². The zero-order chi connectivity index (χ0) is 26.0. The number of carbonyl (C=O) groups is 1. The van der Waals surface area contributed by atoms with Gasteiger partial charge < -0.3 is 9.47 Å². The molecule has 2 fully saturated rings. The highest BCUT2D eigenvalue weighted by Crippen LogP contribution is 2.61. The molecule has 37 heavy (non-hydrogen) atoms. The van der Waals surface area contributed by atoms with Gasteiger partial charge in [0.05, 0.1) is 18.5 Å². The van der Waals surface area contributed by atoms with Crippen LogP contribution in [0, 0.1) is 11.3 Å². The topological polar surface area (TPSA) is 61.3 Å². The van der Waals surface area contributed by atoms with Crippen molar-refractivity contribution in [3.05, 3.63) is 77.1 Å². The highest BCUT2D eigenvalue weighted by molar-refractivity contribution is 5.98. The quantitative estimate of drug-likeness (QED) is 0.256. The van der Waals surface area contributed by atoms with E-state index in [0.29, 0.717) is 24.5 Å². The van der Waals surface area contributed by atoms with Crippen LogP contribution in [0.25, 0.3) is 10.9 Å². The van der Waals surface area contributed by atoms with Crippen molar-refractivity contribution < 1.29 is 27.4 Å². The number of Topliss-reactive ketones (excluding diaryl/α,β-unsaturated/α-hetero) is 1. The maximum absolute atomic E-state index is 13.2. The summed E-state index contributed by atoms with van der Waals surface area (Å²) in [7, 11) is 0. The van der Waals surface area contributed by atoms with Gasteiger partial charge in [-0.2, -0.15) is 13.2 Å². The van der Waals surface area contributed by atoms with E-state index in [9.17, 15) is 18.0 Å². The number of halogens is 3. The van der Waals surface area contributed by atoms with Gasteiger partial charge in [-0.15, -0.1) is 0 Å². The SMILES string of the molecule is C[C@H]1COCC[C@]12C/C2=C\CC(=O)c1cc(Cc2ccc(OCCC(F)(F)F)nc2)c2ccccc2n1. The average Bonchev–Trinajstić information content (AvgIpc) is 3.58. The molecular formula is C29H29F3N2O3. The number of pyridine rings is 2. The molecule has 0 N–H and O–H groups in total. The maximum Gasteiger partial charge on any atom is 0.392 e. The molecule has 0 bridgehead atoms. The number of hydrogen-bond acceptors (Lipinski definition) is 5. The lowest BCUT2D eigenvalue weighted by Crippen LogP contribution is -2.26. The molecule has 0 amide bonds. The van der Waals surface area contributed by atoms with Crippen LogP contribution in [0.3, 0.4) is 0 Å². The third-order valence-electron chi connectivity index (χ3n) is 7.47. The van der Waals surface area contributed by atoms with E-state index in [1.807, 2.05) is 30.3 Å². The molecule has 2 aromatic heterocycles. The highest BCUT2D eigenvalue weighted by atomic mass is 19.4. The fourth-order valence-corrected chi connectivity index (χ4v) is 5.18. The number of ketones is 1. The molecule has 1 saturated carbocycles. The number of aromatic nitrogens is 2. The van der Waals surface area contributed by atoms with Gasteiger partial charge >= 0.3 is 6.18 Å². The van der Waals surface area contributed by atoms with Crippen LogP contribution in [0.2, 0.25) is 0 Å². The molecule has 5 rings (SSSR count). The molecule has 1 aromatic carbocycles. The average molecular weight is 511 g/mol. The van der Waals surface area contributed by atoms with Gasteiger partial charge in [-0.25, -0.2) is 9.97 Å². The number of allylic oxidation sites excluding steroid dienone is 2. The summed E-state index contributed by atoms with van der Waals surface area (Å²) in [6.07, 6.45) is 1.27. The van der Waals surface area contributed by atoms with E-state index in [1.54, 1.807) is 18.3 Å². The molecule has 2 aliphatic rings. The standard InChI is InChI=1S/C29H29F3N2O3/c1-19-18-36-12-10-28(19)16-22(28)7-8-26(35)25-15-21(23-4-2-3-5-24(23)34-25)14-20-6-9-27(33-17-20)37-13-11-29(30,31)32/h2-7,9,15,17,19H,8,10-14,16,18H2,1H3/b22-7+/t19-,28-/m0/s1. The first-order chi connectivity index (χ1) is 17.7. The van der Waals surface area contributed by atoms with Crippen molar-refractivity contribution in [2.75, 3.05) is 19.8 Å². The Morgan fingerprint density at radius 2 is 2.08 bits per heavy atom. The van der Waals surface area contributed by atoms with Crippen molar-refractivity contribution in [2.24, 2.45) is 11.3 Å². The van der Waals surface area contributed by atoms with Crippen LogP contribution in [0.4, 0.5) is 13.2 Å². The number of rotatable bonds is 8. The molecule has 1 saturated heterocycles. The number of alkyl halides is 3. The molecule has 1 spiro atoms. The van der Waals surface area contributed by atoms with Crippen LogP contribution in [0.15, 0.2) is 60.3 Å². The smallest absolute Gasteiger partial charge is 0.392 e. The number of carbonyl (C=O) groups excluding carboxylic acids is 1. The van der Waals surface area contributed by atoms with Crippen molar-refractivity contribution in [1.29, 1.82) is 0 Å². The first-order valence-corrected chi connectivity index (χ1v) is 12.6. The minimum Gasteiger partial charge on any atom is -0.477 e. The normalized spacial score (nSPS) is 22.5. The van der Waals surface area contributed by atoms with E-state index in [-0.39, 0.29) is 17.1 Å². The van der Waals surface area contributed by atoms with Crippen LogP contribution in [0.1, 0.15) is 54.2 Å². The Balaban J connectivity index is 1.30. The van der Waals surface area contributed by atoms with Gasteiger partial charge in [-0.3, -0.25) is 4.79 Å². The number of benzene rings is 1. The summed E-state index contributed by atoms with van der Waals surface area (Å²) in [5.74, 6) is 0.601. The molecule has 3 aromatic rings. The maximum atomic E-state index is 13.2. The lowest BCUT2D eigenvalue weighted by molar-refractivity contribution is -0.139. The second kappa shape index (κ2) is 10.2. The second-order valence-electron chi connectivity index (χ2n) is 9.99. The zero-order valence-electron chi connectivity index (χ0n) is 20.7. The number of hydrogen-bond donors (Lipinski definition) is 0. The van der Waals surface area contributed by atoms with Crippen molar-refractivity contribution in [3.8, 4) is 5.88 Å². The first-order valence-electron chi connectivity index (χ1n) is 12.6. The van der Waals surface area contributed by atoms with E-state index >= 15 is 0 Å². The molecule has 0 radical (unpaired) electrons. The molecule has 5 nitrogen and oxygen atoms in total. The van der Waals surface area contributed by atoms with Crippen LogP contribution in [-0.4, -0.2) is 41.7 Å². The van der Waals surface area contributed by atoms with Gasteiger partial charge in [0.2, 0.25) is 5.88 Å². The molecule has 194 valence electrons. The minimum atomic E-state index is -4.27. The van der Waals surface area contributed by atoms with Gasteiger partial charge in [-0.1, -0.05) is 42.8 Å². The summed E-state index contributed by atoms with van der Waals surface area (Å²) in [6, 6.07) is 12.9. The van der Waals surface area contributed by atoms with Crippen LogP contribution in [-0.2, 0) is 11.2 Å². The Kier molecular flexibility index (Phi) is 7.03. The number of ether oxygens (including phenoxy) is 2. The number of nitrogens with zero attached hydrogens (tertiary/aromatic N) is 2. The predicted octanol–water partition coefficient (Wildman–Crippen LogP) is 6.50. The Bertz CT molecular complexity index is 1320. The molecule has 1 aliphatic carbocycles.